The maximum Gasteiger partial charge on any atom is 0.241 e. The van der Waals surface area contributed by atoms with E-state index in [1.807, 2.05) is 13.8 Å². The van der Waals surface area contributed by atoms with Gasteiger partial charge in [0.25, 0.3) is 0 Å². The number of amides is 1. The third-order valence-corrected chi connectivity index (χ3v) is 7.41. The molecular formula is C19H31ClN2O3S. The van der Waals surface area contributed by atoms with Crippen molar-refractivity contribution >= 4 is 33.8 Å². The normalized spacial score (nSPS) is 17.8. The Balaban J connectivity index is 0.00000338. The van der Waals surface area contributed by atoms with E-state index in [4.69, 9.17) is 5.73 Å². The molecule has 148 valence electrons. The van der Waals surface area contributed by atoms with Crippen molar-refractivity contribution in [1.29, 1.82) is 0 Å². The number of halogens is 1. The first-order valence-electron chi connectivity index (χ1n) is 9.20. The van der Waals surface area contributed by atoms with E-state index < -0.39 is 15.9 Å². The van der Waals surface area contributed by atoms with Crippen molar-refractivity contribution in [3.05, 3.63) is 29.8 Å². The van der Waals surface area contributed by atoms with Crippen molar-refractivity contribution in [2.75, 3.05) is 5.32 Å². The highest BCUT2D eigenvalue weighted by atomic mass is 35.5. The maximum absolute atomic E-state index is 12.6. The molecule has 5 nitrogen and oxygen atoms in total. The molecule has 1 aliphatic carbocycles. The van der Waals surface area contributed by atoms with Crippen LogP contribution in [0.15, 0.2) is 24.3 Å². The Morgan fingerprint density at radius 3 is 2.54 bits per heavy atom. The van der Waals surface area contributed by atoms with Gasteiger partial charge in [-0.15, -0.1) is 12.4 Å². The molecule has 2 rings (SSSR count). The number of sulfone groups is 1. The van der Waals surface area contributed by atoms with E-state index in [-0.39, 0.29) is 35.2 Å². The molecule has 0 aromatic heterocycles. The molecule has 2 atom stereocenters. The average Bonchev–Trinajstić information content (AvgIpc) is 2.61. The van der Waals surface area contributed by atoms with Crippen LogP contribution in [0.2, 0.25) is 0 Å². The molecule has 0 aliphatic heterocycles. The van der Waals surface area contributed by atoms with E-state index in [1.54, 1.807) is 24.3 Å². The molecule has 1 amide bonds. The van der Waals surface area contributed by atoms with Crippen molar-refractivity contribution in [1.82, 2.24) is 0 Å². The van der Waals surface area contributed by atoms with E-state index in [0.717, 1.165) is 38.5 Å². The monoisotopic (exact) mass is 402 g/mol. The first kappa shape index (κ1) is 22.9. The molecule has 0 bridgehead atoms. The minimum Gasteiger partial charge on any atom is -0.325 e. The highest BCUT2D eigenvalue weighted by Gasteiger charge is 2.27. The molecule has 1 aromatic rings. The van der Waals surface area contributed by atoms with Crippen LogP contribution in [0.5, 0.6) is 0 Å². The number of anilines is 1. The standard InChI is InChI=1S/C19H30N2O3S.ClH/c1-3-14(2)18(20)19(22)21-16-9-7-8-15(12-16)13-25(23,24)17-10-5-4-6-11-17;/h7-9,12,14,17-18H,3-6,10-11,13,20H2,1-2H3,(H,21,22);1H. The zero-order valence-corrected chi connectivity index (χ0v) is 17.2. The average molecular weight is 403 g/mol. The number of nitrogens with two attached hydrogens (primary N) is 1. The van der Waals surface area contributed by atoms with Crippen LogP contribution in [-0.4, -0.2) is 25.6 Å². The van der Waals surface area contributed by atoms with Crippen LogP contribution in [0.25, 0.3) is 0 Å². The summed E-state index contributed by atoms with van der Waals surface area (Å²) in [5.41, 5.74) is 7.25. The second-order valence-corrected chi connectivity index (χ2v) is 9.45. The Morgan fingerprint density at radius 2 is 1.92 bits per heavy atom. The summed E-state index contributed by atoms with van der Waals surface area (Å²) in [5.74, 6) is -0.116. The zero-order chi connectivity index (χ0) is 18.4. The Bertz CT molecular complexity index is 688. The van der Waals surface area contributed by atoms with Gasteiger partial charge in [0.05, 0.1) is 17.0 Å². The summed E-state index contributed by atoms with van der Waals surface area (Å²) in [6, 6.07) is 6.50. The fourth-order valence-corrected chi connectivity index (χ4v) is 5.18. The molecule has 0 saturated heterocycles. The number of benzene rings is 1. The Labute approximate surface area is 163 Å². The summed E-state index contributed by atoms with van der Waals surface area (Å²) in [7, 11) is -3.15. The second-order valence-electron chi connectivity index (χ2n) is 7.17. The van der Waals surface area contributed by atoms with Gasteiger partial charge >= 0.3 is 0 Å². The van der Waals surface area contributed by atoms with Crippen molar-refractivity contribution < 1.29 is 13.2 Å². The van der Waals surface area contributed by atoms with Crippen LogP contribution in [0.3, 0.4) is 0 Å². The van der Waals surface area contributed by atoms with Gasteiger partial charge in [-0.2, -0.15) is 0 Å². The molecule has 3 N–H and O–H groups in total. The lowest BCUT2D eigenvalue weighted by Gasteiger charge is -2.22. The third-order valence-electron chi connectivity index (χ3n) is 5.18. The first-order chi connectivity index (χ1) is 11.8. The van der Waals surface area contributed by atoms with Crippen molar-refractivity contribution in [3.8, 4) is 0 Å². The van der Waals surface area contributed by atoms with E-state index in [2.05, 4.69) is 5.32 Å². The van der Waals surface area contributed by atoms with Crippen molar-refractivity contribution in [3.63, 3.8) is 0 Å². The summed E-state index contributed by atoms with van der Waals surface area (Å²) in [4.78, 5) is 12.2. The van der Waals surface area contributed by atoms with Gasteiger partial charge in [0, 0.05) is 5.69 Å². The molecule has 26 heavy (non-hydrogen) atoms. The van der Waals surface area contributed by atoms with Gasteiger partial charge in [0.2, 0.25) is 5.91 Å². The predicted octanol–water partition coefficient (Wildman–Crippen LogP) is 3.67. The summed E-state index contributed by atoms with van der Waals surface area (Å²) in [6.45, 7) is 3.94. The Hall–Kier alpha value is -1.11. The quantitative estimate of drug-likeness (QED) is 0.728. The van der Waals surface area contributed by atoms with Gasteiger partial charge in [-0.25, -0.2) is 8.42 Å². The van der Waals surface area contributed by atoms with E-state index in [1.165, 1.54) is 0 Å². The third kappa shape index (κ3) is 6.25. The molecule has 1 aromatic carbocycles. The van der Waals surface area contributed by atoms with Crippen LogP contribution in [0, 0.1) is 5.92 Å². The molecule has 1 aliphatic rings. The molecule has 7 heteroatoms. The summed E-state index contributed by atoms with van der Waals surface area (Å²) in [6.07, 6.45) is 5.48. The topological polar surface area (TPSA) is 89.3 Å². The maximum atomic E-state index is 12.6. The number of rotatable bonds is 7. The van der Waals surface area contributed by atoms with E-state index >= 15 is 0 Å². The van der Waals surface area contributed by atoms with Crippen LogP contribution in [0.4, 0.5) is 5.69 Å². The van der Waals surface area contributed by atoms with Gasteiger partial charge in [0.15, 0.2) is 9.84 Å². The van der Waals surface area contributed by atoms with Crippen molar-refractivity contribution in [2.45, 2.75) is 69.4 Å². The minimum atomic E-state index is -3.15. The van der Waals surface area contributed by atoms with Crippen LogP contribution in [0.1, 0.15) is 57.9 Å². The van der Waals surface area contributed by atoms with Crippen LogP contribution < -0.4 is 11.1 Å². The fraction of sp³-hybridized carbons (Fsp3) is 0.632. The lowest BCUT2D eigenvalue weighted by Crippen LogP contribution is -2.40. The molecule has 0 radical (unpaired) electrons. The van der Waals surface area contributed by atoms with Gasteiger partial charge in [-0.1, -0.05) is 51.7 Å². The first-order valence-corrected chi connectivity index (χ1v) is 10.9. The number of hydrogen-bond donors (Lipinski definition) is 2. The number of carbonyl (C=O) groups is 1. The van der Waals surface area contributed by atoms with E-state index in [0.29, 0.717) is 11.3 Å². The molecule has 0 spiro atoms. The molecular weight excluding hydrogens is 372 g/mol. The smallest absolute Gasteiger partial charge is 0.241 e. The Morgan fingerprint density at radius 1 is 1.27 bits per heavy atom. The van der Waals surface area contributed by atoms with Crippen LogP contribution in [-0.2, 0) is 20.4 Å². The lowest BCUT2D eigenvalue weighted by molar-refractivity contribution is -0.118. The predicted molar refractivity (Wildman–Crippen MR) is 109 cm³/mol. The van der Waals surface area contributed by atoms with Crippen LogP contribution >= 0.6 is 12.4 Å². The van der Waals surface area contributed by atoms with Gasteiger partial charge in [-0.05, 0) is 36.5 Å². The Kier molecular flexibility index (Phi) is 9.07. The fourth-order valence-electron chi connectivity index (χ4n) is 3.25. The highest BCUT2D eigenvalue weighted by molar-refractivity contribution is 7.91. The zero-order valence-electron chi connectivity index (χ0n) is 15.6. The van der Waals surface area contributed by atoms with Gasteiger partial charge in [-0.3, -0.25) is 4.79 Å². The SMILES string of the molecule is CCC(C)C(N)C(=O)Nc1cccc(CS(=O)(=O)C2CCCCC2)c1.Cl. The van der Waals surface area contributed by atoms with Gasteiger partial charge in [0.1, 0.15) is 0 Å². The number of hydrogen-bond acceptors (Lipinski definition) is 4. The number of nitrogens with one attached hydrogen (secondary N) is 1. The lowest BCUT2D eigenvalue weighted by atomic mass is 9.99. The van der Waals surface area contributed by atoms with Gasteiger partial charge < -0.3 is 11.1 Å². The molecule has 1 saturated carbocycles. The minimum absolute atomic E-state index is 0. The molecule has 1 fully saturated rings. The number of carbonyl (C=O) groups excluding carboxylic acids is 1. The van der Waals surface area contributed by atoms with Crippen molar-refractivity contribution in [2.24, 2.45) is 11.7 Å². The largest absolute Gasteiger partial charge is 0.325 e. The summed E-state index contributed by atoms with van der Waals surface area (Å²) >= 11 is 0. The second kappa shape index (κ2) is 10.3. The molecule has 2 unspecified atom stereocenters. The molecule has 0 heterocycles. The van der Waals surface area contributed by atoms with E-state index in [9.17, 15) is 13.2 Å². The highest BCUT2D eigenvalue weighted by Crippen LogP contribution is 2.26. The summed E-state index contributed by atoms with van der Waals surface area (Å²) < 4.78 is 25.2. The summed E-state index contributed by atoms with van der Waals surface area (Å²) in [5, 5.41) is 2.58.